The van der Waals surface area contributed by atoms with Gasteiger partial charge < -0.3 is 5.73 Å². The molecule has 2 N–H and O–H groups in total. The zero-order valence-electron chi connectivity index (χ0n) is 6.91. The van der Waals surface area contributed by atoms with Gasteiger partial charge in [0.1, 0.15) is 6.17 Å². The van der Waals surface area contributed by atoms with Gasteiger partial charge in [-0.1, -0.05) is 0 Å². The number of alkyl halides is 1. The van der Waals surface area contributed by atoms with Crippen LogP contribution in [0.2, 0.25) is 0 Å². The Hall–Kier alpha value is -0.960. The molecule has 0 radical (unpaired) electrons. The minimum Gasteiger partial charge on any atom is -0.330 e. The van der Waals surface area contributed by atoms with Gasteiger partial charge in [0.25, 0.3) is 0 Å². The van der Waals surface area contributed by atoms with Crippen molar-refractivity contribution >= 4 is 0 Å². The Morgan fingerprint density at radius 1 is 1.42 bits per heavy atom. The normalized spacial score (nSPS) is 12.8. The highest BCUT2D eigenvalue weighted by atomic mass is 19.1. The molecule has 0 spiro atoms. The standard InChI is InChI=1S/C9H13FN2/c10-9(1-4-11)7-8-2-5-12-6-3-8/h2-3,5-6,9H,1,4,7,11H2. The van der Waals surface area contributed by atoms with Crippen molar-refractivity contribution in [2.45, 2.75) is 19.0 Å². The molecule has 0 saturated heterocycles. The minimum atomic E-state index is -0.822. The van der Waals surface area contributed by atoms with E-state index >= 15 is 0 Å². The second-order valence-corrected chi connectivity index (χ2v) is 2.73. The van der Waals surface area contributed by atoms with Crippen LogP contribution in [0, 0.1) is 0 Å². The van der Waals surface area contributed by atoms with Crippen LogP contribution in [-0.2, 0) is 6.42 Å². The van der Waals surface area contributed by atoms with Crippen LogP contribution in [0.4, 0.5) is 4.39 Å². The molecule has 3 heteroatoms. The highest BCUT2D eigenvalue weighted by Crippen LogP contribution is 2.06. The summed E-state index contributed by atoms with van der Waals surface area (Å²) in [6.45, 7) is 0.409. The van der Waals surface area contributed by atoms with Crippen molar-refractivity contribution in [2.75, 3.05) is 6.54 Å². The smallest absolute Gasteiger partial charge is 0.105 e. The molecule has 0 fully saturated rings. The third kappa shape index (κ3) is 2.96. The monoisotopic (exact) mass is 168 g/mol. The highest BCUT2D eigenvalue weighted by Gasteiger charge is 2.05. The van der Waals surface area contributed by atoms with Gasteiger partial charge in [0, 0.05) is 18.8 Å². The second-order valence-electron chi connectivity index (χ2n) is 2.73. The lowest BCUT2D eigenvalue weighted by Gasteiger charge is -2.05. The average Bonchev–Trinajstić information content (AvgIpc) is 2.06. The van der Waals surface area contributed by atoms with Gasteiger partial charge in [-0.25, -0.2) is 4.39 Å². The molecule has 0 aliphatic carbocycles. The minimum absolute atomic E-state index is 0.409. The number of nitrogens with zero attached hydrogens (tertiary/aromatic N) is 1. The Balaban J connectivity index is 2.41. The lowest BCUT2D eigenvalue weighted by Crippen LogP contribution is -2.11. The zero-order chi connectivity index (χ0) is 8.81. The van der Waals surface area contributed by atoms with E-state index in [1.54, 1.807) is 12.4 Å². The zero-order valence-corrected chi connectivity index (χ0v) is 6.91. The largest absolute Gasteiger partial charge is 0.330 e. The molecule has 0 bridgehead atoms. The lowest BCUT2D eigenvalue weighted by molar-refractivity contribution is 0.316. The highest BCUT2D eigenvalue weighted by molar-refractivity contribution is 5.10. The van der Waals surface area contributed by atoms with E-state index < -0.39 is 6.17 Å². The Morgan fingerprint density at radius 3 is 2.67 bits per heavy atom. The molecule has 1 rings (SSSR count). The van der Waals surface area contributed by atoms with Crippen molar-refractivity contribution in [1.29, 1.82) is 0 Å². The van der Waals surface area contributed by atoms with E-state index in [1.165, 1.54) is 0 Å². The van der Waals surface area contributed by atoms with E-state index in [4.69, 9.17) is 5.73 Å². The molecule has 0 aromatic carbocycles. The van der Waals surface area contributed by atoms with Crippen molar-refractivity contribution in [3.8, 4) is 0 Å². The van der Waals surface area contributed by atoms with E-state index in [-0.39, 0.29) is 0 Å². The molecule has 0 saturated carbocycles. The first-order valence-corrected chi connectivity index (χ1v) is 4.06. The van der Waals surface area contributed by atoms with Crippen LogP contribution < -0.4 is 5.73 Å². The molecule has 0 aliphatic heterocycles. The number of pyridine rings is 1. The molecule has 2 nitrogen and oxygen atoms in total. The van der Waals surface area contributed by atoms with Gasteiger partial charge in [-0.2, -0.15) is 0 Å². The van der Waals surface area contributed by atoms with Gasteiger partial charge in [-0.3, -0.25) is 4.98 Å². The third-order valence-electron chi connectivity index (χ3n) is 1.69. The summed E-state index contributed by atoms with van der Waals surface area (Å²) in [6.07, 6.45) is 3.40. The maximum absolute atomic E-state index is 13.0. The van der Waals surface area contributed by atoms with Crippen LogP contribution in [0.5, 0.6) is 0 Å². The second kappa shape index (κ2) is 4.83. The summed E-state index contributed by atoms with van der Waals surface area (Å²) in [5, 5.41) is 0. The van der Waals surface area contributed by atoms with E-state index in [0.717, 1.165) is 5.56 Å². The van der Waals surface area contributed by atoms with Gasteiger partial charge in [-0.05, 0) is 30.7 Å². The van der Waals surface area contributed by atoms with Crippen molar-refractivity contribution in [3.63, 3.8) is 0 Å². The number of halogens is 1. The van der Waals surface area contributed by atoms with Crippen molar-refractivity contribution in [2.24, 2.45) is 5.73 Å². The van der Waals surface area contributed by atoms with E-state index in [0.29, 0.717) is 19.4 Å². The molecular weight excluding hydrogens is 155 g/mol. The number of hydrogen-bond acceptors (Lipinski definition) is 2. The van der Waals surface area contributed by atoms with Gasteiger partial charge in [0.05, 0.1) is 0 Å². The first kappa shape index (κ1) is 9.13. The van der Waals surface area contributed by atoms with E-state index in [2.05, 4.69) is 4.98 Å². The van der Waals surface area contributed by atoms with Gasteiger partial charge in [0.15, 0.2) is 0 Å². The Morgan fingerprint density at radius 2 is 2.08 bits per heavy atom. The fourth-order valence-electron chi connectivity index (χ4n) is 1.06. The number of aromatic nitrogens is 1. The fourth-order valence-corrected chi connectivity index (χ4v) is 1.06. The predicted molar refractivity (Wildman–Crippen MR) is 46.5 cm³/mol. The van der Waals surface area contributed by atoms with Crippen LogP contribution in [0.15, 0.2) is 24.5 Å². The molecule has 1 unspecified atom stereocenters. The molecule has 66 valence electrons. The molecule has 1 atom stereocenters. The van der Waals surface area contributed by atoms with Gasteiger partial charge >= 0.3 is 0 Å². The summed E-state index contributed by atoms with van der Waals surface area (Å²) in [6, 6.07) is 3.65. The third-order valence-corrected chi connectivity index (χ3v) is 1.69. The fraction of sp³-hybridized carbons (Fsp3) is 0.444. The topological polar surface area (TPSA) is 38.9 Å². The van der Waals surface area contributed by atoms with E-state index in [9.17, 15) is 4.39 Å². The van der Waals surface area contributed by atoms with Crippen molar-refractivity contribution < 1.29 is 4.39 Å². The number of nitrogens with two attached hydrogens (primary N) is 1. The number of hydrogen-bond donors (Lipinski definition) is 1. The Bertz CT molecular complexity index is 213. The van der Waals surface area contributed by atoms with Crippen LogP contribution in [0.3, 0.4) is 0 Å². The summed E-state index contributed by atoms with van der Waals surface area (Å²) in [4.78, 5) is 3.85. The molecule has 0 amide bonds. The van der Waals surface area contributed by atoms with Crippen LogP contribution >= 0.6 is 0 Å². The molecule has 1 aromatic rings. The van der Waals surface area contributed by atoms with Crippen LogP contribution in [-0.4, -0.2) is 17.7 Å². The van der Waals surface area contributed by atoms with Crippen LogP contribution in [0.1, 0.15) is 12.0 Å². The molecular formula is C9H13FN2. The summed E-state index contributed by atoms with van der Waals surface area (Å²) in [5.74, 6) is 0. The summed E-state index contributed by atoms with van der Waals surface area (Å²) in [5.41, 5.74) is 6.21. The lowest BCUT2D eigenvalue weighted by atomic mass is 10.1. The summed E-state index contributed by atoms with van der Waals surface area (Å²) < 4.78 is 13.0. The van der Waals surface area contributed by atoms with Crippen LogP contribution in [0.25, 0.3) is 0 Å². The maximum Gasteiger partial charge on any atom is 0.105 e. The quantitative estimate of drug-likeness (QED) is 0.736. The SMILES string of the molecule is NCCC(F)Cc1ccncc1. The summed E-state index contributed by atoms with van der Waals surface area (Å²) in [7, 11) is 0. The Kier molecular flexibility index (Phi) is 3.67. The first-order valence-electron chi connectivity index (χ1n) is 4.06. The number of rotatable bonds is 4. The summed E-state index contributed by atoms with van der Waals surface area (Å²) >= 11 is 0. The molecule has 1 heterocycles. The van der Waals surface area contributed by atoms with Crippen molar-refractivity contribution in [1.82, 2.24) is 4.98 Å². The molecule has 1 aromatic heterocycles. The average molecular weight is 168 g/mol. The van der Waals surface area contributed by atoms with Gasteiger partial charge in [0.2, 0.25) is 0 Å². The Labute approximate surface area is 71.6 Å². The molecule has 0 aliphatic rings. The maximum atomic E-state index is 13.0. The molecule has 12 heavy (non-hydrogen) atoms. The van der Waals surface area contributed by atoms with Gasteiger partial charge in [-0.15, -0.1) is 0 Å². The van der Waals surface area contributed by atoms with Crippen molar-refractivity contribution in [3.05, 3.63) is 30.1 Å². The first-order chi connectivity index (χ1) is 5.83. The van der Waals surface area contributed by atoms with E-state index in [1.807, 2.05) is 12.1 Å². The predicted octanol–water partition coefficient (Wildman–Crippen LogP) is 1.31.